The molecule has 5 heteroatoms. The largest absolute Gasteiger partial charge is 0.378 e. The maximum Gasteiger partial charge on any atom is 0.257 e. The number of pyridine rings is 1. The third-order valence-electron chi connectivity index (χ3n) is 3.85. The summed E-state index contributed by atoms with van der Waals surface area (Å²) in [4.78, 5) is 14.8. The predicted molar refractivity (Wildman–Crippen MR) is 78.2 cm³/mol. The summed E-state index contributed by atoms with van der Waals surface area (Å²) in [5.41, 5.74) is -0.387. The lowest BCUT2D eigenvalue weighted by Gasteiger charge is -2.26. The first-order valence-corrected chi connectivity index (χ1v) is 6.71. The summed E-state index contributed by atoms with van der Waals surface area (Å²) >= 11 is 0. The van der Waals surface area contributed by atoms with Gasteiger partial charge in [0, 0.05) is 32.1 Å². The van der Waals surface area contributed by atoms with E-state index in [2.05, 4.69) is 10.3 Å². The predicted octanol–water partition coefficient (Wildman–Crippen LogP) is 1.75. The molecule has 1 aromatic carbocycles. The van der Waals surface area contributed by atoms with Gasteiger partial charge in [-0.25, -0.2) is 0 Å². The van der Waals surface area contributed by atoms with Crippen molar-refractivity contribution in [3.8, 4) is 0 Å². The van der Waals surface area contributed by atoms with Crippen LogP contribution in [0.2, 0.25) is 0 Å². The molecule has 2 N–H and O–H groups in total. The molecule has 20 heavy (non-hydrogen) atoms. The van der Waals surface area contributed by atoms with Gasteiger partial charge >= 0.3 is 0 Å². The van der Waals surface area contributed by atoms with Crippen LogP contribution in [0.5, 0.6) is 0 Å². The van der Waals surface area contributed by atoms with Gasteiger partial charge in [-0.3, -0.25) is 4.79 Å². The van der Waals surface area contributed by atoms with Crippen LogP contribution in [0.4, 0.5) is 5.82 Å². The summed E-state index contributed by atoms with van der Waals surface area (Å²) in [6.45, 7) is 1.90. The fraction of sp³-hybridized carbons (Fsp3) is 0.400. The third kappa shape index (κ3) is 2.42. The normalized spacial score (nSPS) is 22.2. The van der Waals surface area contributed by atoms with Gasteiger partial charge in [0.1, 0.15) is 11.4 Å². The van der Waals surface area contributed by atoms with Gasteiger partial charge < -0.3 is 19.8 Å². The number of hydrogen-bond acceptors (Lipinski definition) is 4. The van der Waals surface area contributed by atoms with Crippen molar-refractivity contribution in [1.82, 2.24) is 4.98 Å². The van der Waals surface area contributed by atoms with E-state index in [4.69, 9.17) is 9.47 Å². The molecule has 1 saturated heterocycles. The van der Waals surface area contributed by atoms with E-state index < -0.39 is 0 Å². The summed E-state index contributed by atoms with van der Waals surface area (Å²) in [5.74, 6) is 0.706. The average molecular weight is 274 g/mol. The van der Waals surface area contributed by atoms with Crippen molar-refractivity contribution in [3.63, 3.8) is 0 Å². The summed E-state index contributed by atoms with van der Waals surface area (Å²) in [7, 11) is 1.69. The second-order valence-electron chi connectivity index (χ2n) is 5.14. The van der Waals surface area contributed by atoms with E-state index in [1.807, 2.05) is 30.3 Å². The van der Waals surface area contributed by atoms with Crippen LogP contribution in [0.3, 0.4) is 0 Å². The van der Waals surface area contributed by atoms with E-state index >= 15 is 0 Å². The molecular formula is C15H18N2O3. The van der Waals surface area contributed by atoms with Crippen molar-refractivity contribution < 1.29 is 9.47 Å². The molecule has 0 spiro atoms. The molecule has 0 bridgehead atoms. The number of anilines is 1. The zero-order valence-corrected chi connectivity index (χ0v) is 11.4. The highest BCUT2D eigenvalue weighted by molar-refractivity contribution is 5.83. The summed E-state index contributed by atoms with van der Waals surface area (Å²) in [6.07, 6.45) is 0.855. The van der Waals surface area contributed by atoms with Gasteiger partial charge in [0.25, 0.3) is 5.56 Å². The molecule has 1 aromatic heterocycles. The van der Waals surface area contributed by atoms with Crippen molar-refractivity contribution in [3.05, 3.63) is 40.7 Å². The smallest absolute Gasteiger partial charge is 0.257 e. The number of ether oxygens (including phenoxy) is 2. The van der Waals surface area contributed by atoms with E-state index in [1.54, 1.807) is 7.11 Å². The number of H-pyrrole nitrogens is 1. The second-order valence-corrected chi connectivity index (χ2v) is 5.14. The average Bonchev–Trinajstić information content (AvgIpc) is 2.95. The lowest BCUT2D eigenvalue weighted by molar-refractivity contribution is -0.00625. The minimum absolute atomic E-state index is 0.0836. The molecule has 106 valence electrons. The zero-order valence-electron chi connectivity index (χ0n) is 11.4. The highest BCUT2D eigenvalue weighted by Gasteiger charge is 2.34. The van der Waals surface area contributed by atoms with Crippen LogP contribution in [0.25, 0.3) is 10.8 Å². The van der Waals surface area contributed by atoms with Crippen LogP contribution >= 0.6 is 0 Å². The molecule has 5 nitrogen and oxygen atoms in total. The number of rotatable bonds is 4. The Morgan fingerprint density at radius 3 is 3.05 bits per heavy atom. The van der Waals surface area contributed by atoms with Crippen molar-refractivity contribution >= 4 is 16.6 Å². The summed E-state index contributed by atoms with van der Waals surface area (Å²) in [6, 6.07) is 9.48. The Kier molecular flexibility index (Phi) is 3.46. The fourth-order valence-corrected chi connectivity index (χ4v) is 2.52. The molecule has 1 aliphatic rings. The Morgan fingerprint density at radius 1 is 1.45 bits per heavy atom. The molecule has 0 saturated carbocycles. The number of methoxy groups -OCH3 is 1. The Labute approximate surface area is 116 Å². The van der Waals surface area contributed by atoms with Gasteiger partial charge in [0.05, 0.1) is 6.61 Å². The molecule has 1 aliphatic heterocycles. The topological polar surface area (TPSA) is 63.3 Å². The summed E-state index contributed by atoms with van der Waals surface area (Å²) in [5, 5.41) is 4.87. The SMILES string of the molecule is COC1(CNc2cc3ccccc3c(=O)[nH]2)CCOC1. The second kappa shape index (κ2) is 5.26. The van der Waals surface area contributed by atoms with E-state index in [-0.39, 0.29) is 11.2 Å². The van der Waals surface area contributed by atoms with Crippen molar-refractivity contribution in [1.29, 1.82) is 0 Å². The first-order chi connectivity index (χ1) is 9.72. The van der Waals surface area contributed by atoms with E-state index in [0.717, 1.165) is 11.8 Å². The zero-order chi connectivity index (χ0) is 14.0. The van der Waals surface area contributed by atoms with Crippen LogP contribution in [-0.4, -0.2) is 37.5 Å². The molecule has 2 heterocycles. The van der Waals surface area contributed by atoms with Gasteiger partial charge in [-0.15, -0.1) is 0 Å². The molecule has 1 atom stereocenters. The Morgan fingerprint density at radius 2 is 2.30 bits per heavy atom. The van der Waals surface area contributed by atoms with Crippen molar-refractivity contribution in [2.45, 2.75) is 12.0 Å². The first kappa shape index (κ1) is 13.1. The molecule has 1 unspecified atom stereocenters. The Hall–Kier alpha value is -1.85. The maximum atomic E-state index is 12.0. The Balaban J connectivity index is 1.83. The number of fused-ring (bicyclic) bond motifs is 1. The molecule has 2 aromatic rings. The lowest BCUT2D eigenvalue weighted by Crippen LogP contribution is -2.39. The van der Waals surface area contributed by atoms with Crippen LogP contribution in [0.1, 0.15) is 6.42 Å². The molecule has 0 amide bonds. The van der Waals surface area contributed by atoms with Crippen LogP contribution < -0.4 is 10.9 Å². The van der Waals surface area contributed by atoms with Crippen molar-refractivity contribution in [2.75, 3.05) is 32.2 Å². The minimum atomic E-state index is -0.303. The minimum Gasteiger partial charge on any atom is -0.378 e. The first-order valence-electron chi connectivity index (χ1n) is 6.71. The van der Waals surface area contributed by atoms with Gasteiger partial charge in [-0.05, 0) is 17.5 Å². The van der Waals surface area contributed by atoms with Crippen LogP contribution in [0, 0.1) is 0 Å². The van der Waals surface area contributed by atoms with Crippen molar-refractivity contribution in [2.24, 2.45) is 0 Å². The molecular weight excluding hydrogens is 256 g/mol. The maximum absolute atomic E-state index is 12.0. The van der Waals surface area contributed by atoms with Gasteiger partial charge in [-0.1, -0.05) is 18.2 Å². The molecule has 0 radical (unpaired) electrons. The van der Waals surface area contributed by atoms with Gasteiger partial charge in [0.2, 0.25) is 0 Å². The van der Waals surface area contributed by atoms with E-state index in [1.165, 1.54) is 0 Å². The number of aromatic amines is 1. The Bertz CT molecular complexity index is 659. The number of benzene rings is 1. The summed E-state index contributed by atoms with van der Waals surface area (Å²) < 4.78 is 11.0. The van der Waals surface area contributed by atoms with Crippen LogP contribution in [-0.2, 0) is 9.47 Å². The molecule has 3 rings (SSSR count). The molecule has 0 aliphatic carbocycles. The van der Waals surface area contributed by atoms with Crippen LogP contribution in [0.15, 0.2) is 35.1 Å². The third-order valence-corrected chi connectivity index (χ3v) is 3.85. The van der Waals surface area contributed by atoms with Gasteiger partial charge in [0.15, 0.2) is 0 Å². The standard InChI is InChI=1S/C15H18N2O3/c1-19-15(6-7-20-10-15)9-16-13-8-11-4-2-3-5-12(11)14(18)17-13/h2-5,8H,6-7,9-10H2,1H3,(H2,16,17,18). The number of hydrogen-bond donors (Lipinski definition) is 2. The number of aromatic nitrogens is 1. The number of nitrogens with one attached hydrogen (secondary N) is 2. The van der Waals surface area contributed by atoms with E-state index in [9.17, 15) is 4.79 Å². The fourth-order valence-electron chi connectivity index (χ4n) is 2.52. The monoisotopic (exact) mass is 274 g/mol. The highest BCUT2D eigenvalue weighted by atomic mass is 16.5. The lowest BCUT2D eigenvalue weighted by atomic mass is 10.0. The highest BCUT2D eigenvalue weighted by Crippen LogP contribution is 2.23. The molecule has 1 fully saturated rings. The van der Waals surface area contributed by atoms with Gasteiger partial charge in [-0.2, -0.15) is 0 Å². The van der Waals surface area contributed by atoms with E-state index in [0.29, 0.717) is 31.0 Å². The quantitative estimate of drug-likeness (QED) is 0.891.